The summed E-state index contributed by atoms with van der Waals surface area (Å²) in [6.45, 7) is 0.733. The minimum atomic E-state index is -1.05. The molecule has 0 aliphatic carbocycles. The zero-order valence-electron chi connectivity index (χ0n) is 10.3. The van der Waals surface area contributed by atoms with Crippen LogP contribution in [0.2, 0.25) is 0 Å². The van der Waals surface area contributed by atoms with Crippen LogP contribution in [-0.2, 0) is 9.59 Å². The fourth-order valence-corrected chi connectivity index (χ4v) is 1.59. The second kappa shape index (κ2) is 7.45. The molecule has 0 heterocycles. The minimum Gasteiger partial charge on any atom is -0.479 e. The van der Waals surface area contributed by atoms with Gasteiger partial charge in [-0.05, 0) is 25.6 Å². The molecule has 0 aliphatic heterocycles. The summed E-state index contributed by atoms with van der Waals surface area (Å²) in [5, 5.41) is 14.6. The van der Waals surface area contributed by atoms with Crippen molar-refractivity contribution in [2.75, 3.05) is 13.6 Å². The smallest absolute Gasteiger partial charge is 0.330 e. The number of hydrogen-bond donors (Lipinski definition) is 3. The third kappa shape index (κ3) is 4.55. The van der Waals surface area contributed by atoms with Gasteiger partial charge in [0.1, 0.15) is 0 Å². The van der Waals surface area contributed by atoms with Gasteiger partial charge in [-0.1, -0.05) is 30.3 Å². The first-order chi connectivity index (χ1) is 8.65. The highest BCUT2D eigenvalue weighted by Crippen LogP contribution is 2.12. The predicted molar refractivity (Wildman–Crippen MR) is 68.1 cm³/mol. The second-order valence-corrected chi connectivity index (χ2v) is 3.96. The SMILES string of the molecule is CNCCCC(=O)N[C@@H](C(=O)O)c1ccccc1. The number of benzene rings is 1. The van der Waals surface area contributed by atoms with Crippen LogP contribution in [0.3, 0.4) is 0 Å². The number of carboxylic acids is 1. The first-order valence-corrected chi connectivity index (χ1v) is 5.87. The minimum absolute atomic E-state index is 0.249. The third-order valence-corrected chi connectivity index (χ3v) is 2.52. The number of amides is 1. The lowest BCUT2D eigenvalue weighted by atomic mass is 10.1. The van der Waals surface area contributed by atoms with Gasteiger partial charge in [0.05, 0.1) is 0 Å². The number of hydrogen-bond acceptors (Lipinski definition) is 3. The fraction of sp³-hybridized carbons (Fsp3) is 0.385. The summed E-state index contributed by atoms with van der Waals surface area (Å²) in [6.07, 6.45) is 1.00. The normalized spacial score (nSPS) is 11.8. The molecule has 0 unspecified atom stereocenters. The first-order valence-electron chi connectivity index (χ1n) is 5.87. The molecule has 5 heteroatoms. The Morgan fingerprint density at radius 3 is 2.50 bits per heavy atom. The van der Waals surface area contributed by atoms with Crippen LogP contribution >= 0.6 is 0 Å². The Morgan fingerprint density at radius 1 is 1.28 bits per heavy atom. The van der Waals surface area contributed by atoms with Crippen molar-refractivity contribution in [2.45, 2.75) is 18.9 Å². The monoisotopic (exact) mass is 250 g/mol. The Morgan fingerprint density at radius 2 is 1.94 bits per heavy atom. The van der Waals surface area contributed by atoms with E-state index in [4.69, 9.17) is 5.11 Å². The molecule has 1 atom stereocenters. The van der Waals surface area contributed by atoms with Gasteiger partial charge in [-0.3, -0.25) is 4.79 Å². The lowest BCUT2D eigenvalue weighted by Gasteiger charge is -2.14. The number of carbonyl (C=O) groups excluding carboxylic acids is 1. The van der Waals surface area contributed by atoms with E-state index in [1.54, 1.807) is 30.3 Å². The number of aliphatic carboxylic acids is 1. The first kappa shape index (κ1) is 14.2. The molecule has 0 spiro atoms. The summed E-state index contributed by atoms with van der Waals surface area (Å²) in [7, 11) is 1.81. The lowest BCUT2D eigenvalue weighted by Crippen LogP contribution is -2.33. The van der Waals surface area contributed by atoms with Gasteiger partial charge in [0.25, 0.3) is 0 Å². The summed E-state index contributed by atoms with van der Waals surface area (Å²) < 4.78 is 0. The van der Waals surface area contributed by atoms with Crippen LogP contribution in [0.25, 0.3) is 0 Å². The van der Waals surface area contributed by atoms with Crippen LogP contribution in [0.4, 0.5) is 0 Å². The molecule has 98 valence electrons. The van der Waals surface area contributed by atoms with Crippen molar-refractivity contribution in [1.29, 1.82) is 0 Å². The highest BCUT2D eigenvalue weighted by Gasteiger charge is 2.21. The van der Waals surface area contributed by atoms with E-state index in [0.29, 0.717) is 18.4 Å². The maximum absolute atomic E-state index is 11.6. The van der Waals surface area contributed by atoms with Gasteiger partial charge in [-0.15, -0.1) is 0 Å². The van der Waals surface area contributed by atoms with Crippen LogP contribution in [-0.4, -0.2) is 30.6 Å². The maximum Gasteiger partial charge on any atom is 0.330 e. The summed E-state index contributed by atoms with van der Waals surface area (Å²) in [4.78, 5) is 22.7. The summed E-state index contributed by atoms with van der Waals surface area (Å²) in [6, 6.07) is 7.70. The lowest BCUT2D eigenvalue weighted by molar-refractivity contribution is -0.142. The molecule has 0 radical (unpaired) electrons. The van der Waals surface area contributed by atoms with Crippen LogP contribution in [0.5, 0.6) is 0 Å². The van der Waals surface area contributed by atoms with Crippen LogP contribution < -0.4 is 10.6 Å². The van der Waals surface area contributed by atoms with E-state index in [1.807, 2.05) is 7.05 Å². The predicted octanol–water partition coefficient (Wildman–Crippen LogP) is 0.928. The molecule has 5 nitrogen and oxygen atoms in total. The van der Waals surface area contributed by atoms with Gasteiger partial charge < -0.3 is 15.7 Å². The molecule has 1 rings (SSSR count). The van der Waals surface area contributed by atoms with Crippen molar-refractivity contribution in [1.82, 2.24) is 10.6 Å². The van der Waals surface area contributed by atoms with E-state index >= 15 is 0 Å². The van der Waals surface area contributed by atoms with E-state index in [0.717, 1.165) is 6.54 Å². The second-order valence-electron chi connectivity index (χ2n) is 3.96. The van der Waals surface area contributed by atoms with E-state index in [9.17, 15) is 9.59 Å². The standard InChI is InChI=1S/C13H18N2O3/c1-14-9-5-8-11(16)15-12(13(17)18)10-6-3-2-4-7-10/h2-4,6-7,12,14H,5,8-9H2,1H3,(H,15,16)(H,17,18)/t12-/m1/s1. The highest BCUT2D eigenvalue weighted by atomic mass is 16.4. The maximum atomic E-state index is 11.6. The molecule has 0 saturated carbocycles. The molecule has 0 bridgehead atoms. The molecule has 1 aromatic carbocycles. The van der Waals surface area contributed by atoms with Crippen molar-refractivity contribution in [3.05, 3.63) is 35.9 Å². The summed E-state index contributed by atoms with van der Waals surface area (Å²) >= 11 is 0. The summed E-state index contributed by atoms with van der Waals surface area (Å²) in [5.74, 6) is -1.30. The van der Waals surface area contributed by atoms with Gasteiger partial charge in [-0.25, -0.2) is 4.79 Å². The fourth-order valence-electron chi connectivity index (χ4n) is 1.59. The Bertz CT molecular complexity index is 392. The van der Waals surface area contributed by atoms with Crippen LogP contribution in [0.1, 0.15) is 24.4 Å². The number of rotatable bonds is 7. The van der Waals surface area contributed by atoms with Gasteiger partial charge in [0, 0.05) is 6.42 Å². The van der Waals surface area contributed by atoms with E-state index in [1.165, 1.54) is 0 Å². The molecule has 0 aromatic heterocycles. The number of nitrogens with one attached hydrogen (secondary N) is 2. The molecule has 3 N–H and O–H groups in total. The molecule has 0 fully saturated rings. The van der Waals surface area contributed by atoms with Crippen molar-refractivity contribution in [3.8, 4) is 0 Å². The van der Waals surface area contributed by atoms with Crippen molar-refractivity contribution in [3.63, 3.8) is 0 Å². The van der Waals surface area contributed by atoms with Gasteiger partial charge in [0.15, 0.2) is 6.04 Å². The van der Waals surface area contributed by atoms with E-state index in [2.05, 4.69) is 10.6 Å². The molecular formula is C13H18N2O3. The van der Waals surface area contributed by atoms with Crippen LogP contribution in [0.15, 0.2) is 30.3 Å². The topological polar surface area (TPSA) is 78.4 Å². The molecular weight excluding hydrogens is 232 g/mol. The van der Waals surface area contributed by atoms with E-state index in [-0.39, 0.29) is 5.91 Å². The molecule has 0 aliphatic rings. The third-order valence-electron chi connectivity index (χ3n) is 2.52. The Hall–Kier alpha value is -1.88. The van der Waals surface area contributed by atoms with Crippen molar-refractivity contribution < 1.29 is 14.7 Å². The van der Waals surface area contributed by atoms with Crippen LogP contribution in [0, 0.1) is 0 Å². The molecule has 1 aromatic rings. The largest absolute Gasteiger partial charge is 0.479 e. The molecule has 18 heavy (non-hydrogen) atoms. The number of carboxylic acid groups (broad SMARTS) is 1. The highest BCUT2D eigenvalue weighted by molar-refractivity contribution is 5.84. The molecule has 1 amide bonds. The number of carbonyl (C=O) groups is 2. The summed E-state index contributed by atoms with van der Waals surface area (Å²) in [5.41, 5.74) is 0.576. The zero-order chi connectivity index (χ0) is 13.4. The van der Waals surface area contributed by atoms with E-state index < -0.39 is 12.0 Å². The average molecular weight is 250 g/mol. The molecule has 0 saturated heterocycles. The Kier molecular flexibility index (Phi) is 5.87. The Balaban J connectivity index is 2.59. The van der Waals surface area contributed by atoms with Crippen molar-refractivity contribution in [2.24, 2.45) is 0 Å². The zero-order valence-corrected chi connectivity index (χ0v) is 10.3. The Labute approximate surface area is 106 Å². The van der Waals surface area contributed by atoms with Gasteiger partial charge >= 0.3 is 5.97 Å². The van der Waals surface area contributed by atoms with Gasteiger partial charge in [-0.2, -0.15) is 0 Å². The van der Waals surface area contributed by atoms with Gasteiger partial charge in [0.2, 0.25) is 5.91 Å². The average Bonchev–Trinajstić information content (AvgIpc) is 2.37. The van der Waals surface area contributed by atoms with Crippen molar-refractivity contribution >= 4 is 11.9 Å². The quantitative estimate of drug-likeness (QED) is 0.629.